The van der Waals surface area contributed by atoms with Crippen LogP contribution in [0.5, 0.6) is 0 Å². The van der Waals surface area contributed by atoms with Crippen molar-refractivity contribution in [1.29, 1.82) is 0 Å². The molecule has 0 spiro atoms. The van der Waals surface area contributed by atoms with Crippen LogP contribution in [0.15, 0.2) is 0 Å². The summed E-state index contributed by atoms with van der Waals surface area (Å²) in [6.07, 6.45) is -2.96. The molecule has 0 aliphatic carbocycles. The molecule has 0 saturated heterocycles. The third kappa shape index (κ3) is 1.85. The highest BCUT2D eigenvalue weighted by atomic mass is 19.3. The van der Waals surface area contributed by atoms with E-state index in [9.17, 15) is 30.7 Å². The van der Waals surface area contributed by atoms with Gasteiger partial charge < -0.3 is 0 Å². The van der Waals surface area contributed by atoms with Gasteiger partial charge in [0.2, 0.25) is 0 Å². The minimum Gasteiger partial charge on any atom is -0.241 e. The summed E-state index contributed by atoms with van der Waals surface area (Å²) < 4.78 is 88.9. The molecule has 1 unspecified atom stereocenters. The highest BCUT2D eigenvalue weighted by Crippen LogP contribution is 2.37. The predicted molar refractivity (Wildman–Crippen MR) is 39.6 cm³/mol. The zero-order chi connectivity index (χ0) is 12.7. The first-order valence-electron chi connectivity index (χ1n) is 3.97. The van der Waals surface area contributed by atoms with Crippen LogP contribution in [0.3, 0.4) is 0 Å². The van der Waals surface area contributed by atoms with Crippen molar-refractivity contribution in [1.82, 2.24) is 0 Å². The number of hydrogen-bond donors (Lipinski definition) is 0. The lowest BCUT2D eigenvalue weighted by Gasteiger charge is -2.19. The van der Waals surface area contributed by atoms with Crippen molar-refractivity contribution in [3.63, 3.8) is 0 Å². The van der Waals surface area contributed by atoms with Gasteiger partial charge in [0, 0.05) is 0 Å². The SMILES string of the molecule is CC(F)C(F)(F)c1c(F)[c]c(F)c(F)c1F. The maximum absolute atomic E-state index is 12.9. The van der Waals surface area contributed by atoms with E-state index >= 15 is 0 Å². The van der Waals surface area contributed by atoms with Gasteiger partial charge in [0.05, 0.1) is 11.6 Å². The van der Waals surface area contributed by atoms with E-state index in [1.165, 1.54) is 0 Å². The second kappa shape index (κ2) is 3.95. The maximum atomic E-state index is 12.9. The van der Waals surface area contributed by atoms with Crippen LogP contribution in [-0.2, 0) is 5.92 Å². The number of benzene rings is 1. The van der Waals surface area contributed by atoms with E-state index in [1.54, 1.807) is 0 Å². The van der Waals surface area contributed by atoms with E-state index in [2.05, 4.69) is 0 Å². The van der Waals surface area contributed by atoms with Crippen LogP contribution in [0.4, 0.5) is 30.7 Å². The van der Waals surface area contributed by atoms with E-state index in [-0.39, 0.29) is 0 Å². The number of alkyl halides is 3. The average molecular weight is 245 g/mol. The van der Waals surface area contributed by atoms with Crippen molar-refractivity contribution in [2.24, 2.45) is 0 Å². The normalized spacial score (nSPS) is 14.0. The van der Waals surface area contributed by atoms with E-state index in [1.807, 2.05) is 0 Å². The topological polar surface area (TPSA) is 0 Å². The van der Waals surface area contributed by atoms with Crippen molar-refractivity contribution in [2.75, 3.05) is 0 Å². The van der Waals surface area contributed by atoms with Crippen molar-refractivity contribution in [3.8, 4) is 0 Å². The highest BCUT2D eigenvalue weighted by Gasteiger charge is 2.45. The lowest BCUT2D eigenvalue weighted by molar-refractivity contribution is -0.0772. The Kier molecular flexibility index (Phi) is 3.16. The van der Waals surface area contributed by atoms with E-state index in [4.69, 9.17) is 0 Å². The molecule has 0 aliphatic heterocycles. The molecular weight excluding hydrogens is 241 g/mol. The molecule has 1 radical (unpaired) electrons. The first kappa shape index (κ1) is 12.8. The molecule has 0 nitrogen and oxygen atoms in total. The standard InChI is InChI=1S/C9H4F7/c1-3(10)9(15,16)6-4(11)2-5(12)7(13)8(6)14/h3H,1H3. The minimum atomic E-state index is -4.60. The third-order valence-electron chi connectivity index (χ3n) is 1.88. The van der Waals surface area contributed by atoms with Gasteiger partial charge in [0.15, 0.2) is 23.6 Å². The molecule has 0 N–H and O–H groups in total. The van der Waals surface area contributed by atoms with Gasteiger partial charge in [-0.2, -0.15) is 8.78 Å². The number of hydrogen-bond acceptors (Lipinski definition) is 0. The molecule has 0 heterocycles. The predicted octanol–water partition coefficient (Wildman–Crippen LogP) is 3.49. The zero-order valence-corrected chi connectivity index (χ0v) is 7.72. The van der Waals surface area contributed by atoms with Crippen LogP contribution < -0.4 is 0 Å². The molecule has 89 valence electrons. The fourth-order valence-electron chi connectivity index (χ4n) is 1.01. The van der Waals surface area contributed by atoms with Crippen molar-refractivity contribution in [3.05, 3.63) is 34.9 Å². The van der Waals surface area contributed by atoms with Crippen LogP contribution >= 0.6 is 0 Å². The van der Waals surface area contributed by atoms with Gasteiger partial charge in [-0.15, -0.1) is 0 Å². The Morgan fingerprint density at radius 3 is 1.94 bits per heavy atom. The Labute approximate surface area is 85.7 Å². The van der Waals surface area contributed by atoms with Crippen molar-refractivity contribution >= 4 is 0 Å². The molecule has 0 aliphatic rings. The monoisotopic (exact) mass is 245 g/mol. The van der Waals surface area contributed by atoms with Gasteiger partial charge in [-0.05, 0) is 6.92 Å². The second-order valence-electron chi connectivity index (χ2n) is 2.99. The summed E-state index contributed by atoms with van der Waals surface area (Å²) in [5.74, 6) is -13.6. The van der Waals surface area contributed by atoms with Crippen molar-refractivity contribution in [2.45, 2.75) is 19.0 Å². The van der Waals surface area contributed by atoms with Crippen LogP contribution in [0.1, 0.15) is 12.5 Å². The van der Waals surface area contributed by atoms with Gasteiger partial charge in [-0.3, -0.25) is 0 Å². The van der Waals surface area contributed by atoms with Crippen LogP contribution in [-0.4, -0.2) is 6.17 Å². The largest absolute Gasteiger partial charge is 0.309 e. The van der Waals surface area contributed by atoms with Crippen molar-refractivity contribution < 1.29 is 30.7 Å². The molecule has 0 aromatic heterocycles. The van der Waals surface area contributed by atoms with E-state index < -0.39 is 40.9 Å². The molecule has 1 atom stereocenters. The molecular formula is C9H4F7. The summed E-state index contributed by atoms with van der Waals surface area (Å²) in [7, 11) is 0. The summed E-state index contributed by atoms with van der Waals surface area (Å²) in [5, 5.41) is 0. The Balaban J connectivity index is 3.52. The van der Waals surface area contributed by atoms with E-state index in [0.29, 0.717) is 6.92 Å². The molecule has 1 aromatic carbocycles. The first-order valence-corrected chi connectivity index (χ1v) is 3.97. The van der Waals surface area contributed by atoms with Gasteiger partial charge >= 0.3 is 5.92 Å². The van der Waals surface area contributed by atoms with Gasteiger partial charge in [0.1, 0.15) is 5.82 Å². The zero-order valence-electron chi connectivity index (χ0n) is 7.72. The molecule has 16 heavy (non-hydrogen) atoms. The number of rotatable bonds is 2. The summed E-state index contributed by atoms with van der Waals surface area (Å²) in [6.45, 7) is 0.333. The fourth-order valence-corrected chi connectivity index (χ4v) is 1.01. The van der Waals surface area contributed by atoms with Crippen LogP contribution in [0.25, 0.3) is 0 Å². The molecule has 0 bridgehead atoms. The Morgan fingerprint density at radius 2 is 1.50 bits per heavy atom. The van der Waals surface area contributed by atoms with Gasteiger partial charge in [-0.1, -0.05) is 0 Å². The second-order valence-corrected chi connectivity index (χ2v) is 2.99. The maximum Gasteiger partial charge on any atom is 0.309 e. The van der Waals surface area contributed by atoms with Crippen LogP contribution in [0, 0.1) is 29.3 Å². The lowest BCUT2D eigenvalue weighted by Crippen LogP contribution is -2.28. The molecule has 1 rings (SSSR count). The lowest BCUT2D eigenvalue weighted by atomic mass is 10.0. The Hall–Kier alpha value is -1.27. The molecule has 0 fully saturated rings. The minimum absolute atomic E-state index is 0.333. The van der Waals surface area contributed by atoms with Gasteiger partial charge in [-0.25, -0.2) is 22.0 Å². The summed E-state index contributed by atoms with van der Waals surface area (Å²) >= 11 is 0. The van der Waals surface area contributed by atoms with Gasteiger partial charge in [0.25, 0.3) is 0 Å². The average Bonchev–Trinajstić information content (AvgIpc) is 2.13. The summed E-state index contributed by atoms with van der Waals surface area (Å²) in [6, 6.07) is 0.914. The number of halogens is 7. The fraction of sp³-hybridized carbons (Fsp3) is 0.333. The van der Waals surface area contributed by atoms with E-state index in [0.717, 1.165) is 6.07 Å². The third-order valence-corrected chi connectivity index (χ3v) is 1.88. The summed E-state index contributed by atoms with van der Waals surface area (Å²) in [5.41, 5.74) is -2.17. The summed E-state index contributed by atoms with van der Waals surface area (Å²) in [4.78, 5) is 0. The first-order chi connectivity index (χ1) is 7.19. The molecule has 0 saturated carbocycles. The van der Waals surface area contributed by atoms with Crippen LogP contribution in [0.2, 0.25) is 0 Å². The highest BCUT2D eigenvalue weighted by molar-refractivity contribution is 5.26. The Bertz CT molecular complexity index is 411. The molecule has 0 amide bonds. The quantitative estimate of drug-likeness (QED) is 0.425. The smallest absolute Gasteiger partial charge is 0.241 e. The molecule has 7 heteroatoms. The molecule has 1 aromatic rings. The Morgan fingerprint density at radius 1 is 1.00 bits per heavy atom.